The van der Waals surface area contributed by atoms with Crippen molar-refractivity contribution in [1.82, 2.24) is 24.7 Å². The molecule has 3 heterocycles. The highest BCUT2D eigenvalue weighted by atomic mass is 16.1. The summed E-state index contributed by atoms with van der Waals surface area (Å²) in [5.74, 6) is 1.66. The highest BCUT2D eigenvalue weighted by Gasteiger charge is 2.16. The maximum atomic E-state index is 12.6. The molecular weight excluding hydrogens is 364 g/mol. The maximum Gasteiger partial charge on any atom is 0.275 e. The Bertz CT molecular complexity index is 1180. The van der Waals surface area contributed by atoms with Crippen LogP contribution in [-0.4, -0.2) is 30.6 Å². The number of carbonyl (C=O) groups excluding carboxylic acids is 1. The van der Waals surface area contributed by atoms with Crippen LogP contribution in [0.3, 0.4) is 0 Å². The van der Waals surface area contributed by atoms with Gasteiger partial charge in [0, 0.05) is 24.2 Å². The van der Waals surface area contributed by atoms with Crippen molar-refractivity contribution in [3.05, 3.63) is 66.2 Å². The van der Waals surface area contributed by atoms with Gasteiger partial charge in [0.1, 0.15) is 11.5 Å². The van der Waals surface area contributed by atoms with Crippen molar-refractivity contribution < 1.29 is 4.79 Å². The van der Waals surface area contributed by atoms with Gasteiger partial charge in [-0.25, -0.2) is 4.98 Å². The molecule has 7 nitrogen and oxygen atoms in total. The first-order valence-corrected chi connectivity index (χ1v) is 9.83. The Morgan fingerprint density at radius 3 is 2.62 bits per heavy atom. The van der Waals surface area contributed by atoms with Crippen LogP contribution in [0, 0.1) is 0 Å². The van der Waals surface area contributed by atoms with E-state index in [1.54, 1.807) is 0 Å². The standard InChI is InChI=1S/C22H20N6O/c29-22(19-14-23-17-6-3-4-7-18(17)25-19)24-16-11-9-15(10-12-16)21-27-26-20-8-2-1-5-13-28(20)21/h3-4,6-7,9-12,14H,1-2,5,8,13H2,(H,24,29). The minimum atomic E-state index is -0.285. The van der Waals surface area contributed by atoms with E-state index in [1.165, 1.54) is 19.0 Å². The van der Waals surface area contributed by atoms with E-state index in [0.29, 0.717) is 11.2 Å². The first kappa shape index (κ1) is 17.5. The molecule has 144 valence electrons. The zero-order valence-electron chi connectivity index (χ0n) is 15.9. The number of hydrogen-bond acceptors (Lipinski definition) is 5. The van der Waals surface area contributed by atoms with Crippen LogP contribution in [0.1, 0.15) is 35.6 Å². The highest BCUT2D eigenvalue weighted by molar-refractivity contribution is 6.03. The molecule has 1 N–H and O–H groups in total. The second-order valence-electron chi connectivity index (χ2n) is 7.18. The molecule has 0 saturated carbocycles. The number of aromatic nitrogens is 5. The second kappa shape index (κ2) is 7.43. The SMILES string of the molecule is O=C(Nc1ccc(-c2nnc3n2CCCCC3)cc1)c1cnc2ccccc2n1. The predicted octanol–water partition coefficient (Wildman–Crippen LogP) is 3.87. The zero-order valence-corrected chi connectivity index (χ0v) is 15.9. The van der Waals surface area contributed by atoms with E-state index in [4.69, 9.17) is 0 Å². The third-order valence-electron chi connectivity index (χ3n) is 5.19. The van der Waals surface area contributed by atoms with E-state index in [1.807, 2.05) is 48.5 Å². The van der Waals surface area contributed by atoms with Gasteiger partial charge < -0.3 is 9.88 Å². The van der Waals surface area contributed by atoms with Crippen molar-refractivity contribution >= 4 is 22.6 Å². The monoisotopic (exact) mass is 384 g/mol. The Morgan fingerprint density at radius 2 is 1.76 bits per heavy atom. The lowest BCUT2D eigenvalue weighted by molar-refractivity contribution is 0.102. The van der Waals surface area contributed by atoms with E-state index < -0.39 is 0 Å². The van der Waals surface area contributed by atoms with E-state index in [-0.39, 0.29) is 11.6 Å². The lowest BCUT2D eigenvalue weighted by atomic mass is 10.2. The van der Waals surface area contributed by atoms with E-state index in [0.717, 1.165) is 42.1 Å². The molecule has 1 aliphatic rings. The van der Waals surface area contributed by atoms with E-state index in [2.05, 4.69) is 30.0 Å². The van der Waals surface area contributed by atoms with Crippen LogP contribution in [0.5, 0.6) is 0 Å². The van der Waals surface area contributed by atoms with Gasteiger partial charge in [-0.15, -0.1) is 10.2 Å². The number of nitrogens with one attached hydrogen (secondary N) is 1. The molecule has 7 heteroatoms. The number of fused-ring (bicyclic) bond motifs is 2. The van der Waals surface area contributed by atoms with Gasteiger partial charge in [0.15, 0.2) is 5.82 Å². The van der Waals surface area contributed by atoms with Crippen LogP contribution in [0.15, 0.2) is 54.7 Å². The van der Waals surface area contributed by atoms with Crippen molar-refractivity contribution in [1.29, 1.82) is 0 Å². The van der Waals surface area contributed by atoms with Gasteiger partial charge in [-0.3, -0.25) is 9.78 Å². The molecule has 1 amide bonds. The molecule has 0 atom stereocenters. The largest absolute Gasteiger partial charge is 0.321 e. The van der Waals surface area contributed by atoms with E-state index in [9.17, 15) is 4.79 Å². The summed E-state index contributed by atoms with van der Waals surface area (Å²) in [6.45, 7) is 0.955. The smallest absolute Gasteiger partial charge is 0.275 e. The topological polar surface area (TPSA) is 85.6 Å². The fourth-order valence-corrected chi connectivity index (χ4v) is 3.66. The van der Waals surface area contributed by atoms with Gasteiger partial charge in [0.2, 0.25) is 0 Å². The Balaban J connectivity index is 1.35. The molecule has 0 fully saturated rings. The van der Waals surface area contributed by atoms with Crippen molar-refractivity contribution in [2.45, 2.75) is 32.2 Å². The number of para-hydroxylation sites is 2. The Morgan fingerprint density at radius 1 is 0.931 bits per heavy atom. The molecule has 2 aromatic heterocycles. The molecule has 0 unspecified atom stereocenters. The molecule has 0 aliphatic carbocycles. The molecule has 0 saturated heterocycles. The predicted molar refractivity (Wildman–Crippen MR) is 111 cm³/mol. The lowest BCUT2D eigenvalue weighted by Gasteiger charge is -2.09. The van der Waals surface area contributed by atoms with Gasteiger partial charge in [-0.2, -0.15) is 0 Å². The summed E-state index contributed by atoms with van der Waals surface area (Å²) in [6.07, 6.45) is 6.02. The fourth-order valence-electron chi connectivity index (χ4n) is 3.66. The Labute approximate surface area is 167 Å². The van der Waals surface area contributed by atoms with Gasteiger partial charge >= 0.3 is 0 Å². The summed E-state index contributed by atoms with van der Waals surface area (Å²) in [5.41, 5.74) is 3.44. The Hall–Kier alpha value is -3.61. The molecule has 0 spiro atoms. The number of nitrogens with zero attached hydrogens (tertiary/aromatic N) is 5. The number of aryl methyl sites for hydroxylation is 1. The number of rotatable bonds is 3. The number of carbonyl (C=O) groups is 1. The lowest BCUT2D eigenvalue weighted by Crippen LogP contribution is -2.14. The first-order valence-electron chi connectivity index (χ1n) is 9.83. The average molecular weight is 384 g/mol. The van der Waals surface area contributed by atoms with Crippen molar-refractivity contribution in [3.8, 4) is 11.4 Å². The molecule has 0 radical (unpaired) electrons. The summed E-state index contributed by atoms with van der Waals surface area (Å²) in [5, 5.41) is 11.6. The molecule has 4 aromatic rings. The summed E-state index contributed by atoms with van der Waals surface area (Å²) in [6, 6.07) is 15.2. The Kier molecular flexibility index (Phi) is 4.48. The van der Waals surface area contributed by atoms with Crippen LogP contribution in [0.4, 0.5) is 5.69 Å². The van der Waals surface area contributed by atoms with Crippen LogP contribution in [0.2, 0.25) is 0 Å². The van der Waals surface area contributed by atoms with Crippen molar-refractivity contribution in [2.24, 2.45) is 0 Å². The first-order chi connectivity index (χ1) is 14.3. The molecule has 0 bridgehead atoms. The number of hydrogen-bond donors (Lipinski definition) is 1. The summed E-state index contributed by atoms with van der Waals surface area (Å²) in [7, 11) is 0. The van der Waals surface area contributed by atoms with Gasteiger partial charge in [0.25, 0.3) is 5.91 Å². The third-order valence-corrected chi connectivity index (χ3v) is 5.19. The minimum Gasteiger partial charge on any atom is -0.321 e. The number of anilines is 1. The summed E-state index contributed by atoms with van der Waals surface area (Å²) >= 11 is 0. The third kappa shape index (κ3) is 3.47. The second-order valence-corrected chi connectivity index (χ2v) is 7.18. The zero-order chi connectivity index (χ0) is 19.6. The number of amides is 1. The molecule has 1 aliphatic heterocycles. The maximum absolute atomic E-state index is 12.6. The summed E-state index contributed by atoms with van der Waals surface area (Å²) < 4.78 is 2.21. The normalized spacial score (nSPS) is 13.7. The van der Waals surface area contributed by atoms with E-state index >= 15 is 0 Å². The van der Waals surface area contributed by atoms with Gasteiger partial charge in [0.05, 0.1) is 17.2 Å². The van der Waals surface area contributed by atoms with Crippen molar-refractivity contribution in [2.75, 3.05) is 5.32 Å². The number of benzene rings is 2. The molecular formula is C22H20N6O. The van der Waals surface area contributed by atoms with Crippen LogP contribution in [0.25, 0.3) is 22.4 Å². The van der Waals surface area contributed by atoms with Gasteiger partial charge in [-0.05, 0) is 49.2 Å². The molecule has 2 aromatic carbocycles. The molecule has 5 rings (SSSR count). The highest BCUT2D eigenvalue weighted by Crippen LogP contribution is 2.24. The summed E-state index contributed by atoms with van der Waals surface area (Å²) in [4.78, 5) is 21.3. The fraction of sp³-hybridized carbons (Fsp3) is 0.227. The van der Waals surface area contributed by atoms with Crippen LogP contribution in [-0.2, 0) is 13.0 Å². The quantitative estimate of drug-likeness (QED) is 0.580. The van der Waals surface area contributed by atoms with Gasteiger partial charge in [-0.1, -0.05) is 18.6 Å². The minimum absolute atomic E-state index is 0.285. The molecule has 29 heavy (non-hydrogen) atoms. The van der Waals surface area contributed by atoms with Crippen LogP contribution < -0.4 is 5.32 Å². The van der Waals surface area contributed by atoms with Crippen LogP contribution >= 0.6 is 0 Å². The van der Waals surface area contributed by atoms with Crippen molar-refractivity contribution in [3.63, 3.8) is 0 Å². The average Bonchev–Trinajstić information content (AvgIpc) is 3.02.